The first-order valence-electron chi connectivity index (χ1n) is 2.89. The van der Waals surface area contributed by atoms with Gasteiger partial charge in [-0.3, -0.25) is 9.35 Å². The summed E-state index contributed by atoms with van der Waals surface area (Å²) in [4.78, 5) is 17.5. The summed E-state index contributed by atoms with van der Waals surface area (Å²) < 4.78 is 29.4. The number of nitrogens with two attached hydrogens (primary N) is 2. The highest BCUT2D eigenvalue weighted by Gasteiger charge is 2.48. The maximum absolute atomic E-state index is 10.5. The lowest BCUT2D eigenvalue weighted by molar-refractivity contribution is -0.142. The van der Waals surface area contributed by atoms with Crippen LogP contribution in [0.3, 0.4) is 0 Å². The van der Waals surface area contributed by atoms with Gasteiger partial charge < -0.3 is 16.6 Å². The van der Waals surface area contributed by atoms with Gasteiger partial charge in [-0.15, -0.1) is 0 Å². The summed E-state index contributed by atoms with van der Waals surface area (Å²) >= 11 is 0. The third-order valence-electron chi connectivity index (χ3n) is 1.26. The van der Waals surface area contributed by atoms with Crippen molar-refractivity contribution in [2.24, 2.45) is 11.5 Å². The van der Waals surface area contributed by atoms with Crippen LogP contribution in [-0.2, 0) is 19.7 Å². The molecule has 9 heteroatoms. The fraction of sp³-hybridized carbons (Fsp3) is 0.500. The second kappa shape index (κ2) is 3.28. The van der Waals surface area contributed by atoms with Crippen LogP contribution >= 0.6 is 0 Å². The average Bonchev–Trinajstić information content (AvgIpc) is 1.82. The van der Waals surface area contributed by atoms with Crippen LogP contribution in [0.25, 0.3) is 0 Å². The highest BCUT2D eigenvalue weighted by molar-refractivity contribution is 7.88. The summed E-state index contributed by atoms with van der Waals surface area (Å²) in [7, 11) is -5.08. The number of rotatable bonds is 4. The van der Waals surface area contributed by atoms with Crippen LogP contribution < -0.4 is 11.5 Å². The molecule has 0 heterocycles. The van der Waals surface area contributed by atoms with Crippen molar-refractivity contribution < 1.29 is 27.7 Å². The molecule has 0 unspecified atom stereocenters. The molecule has 0 radical (unpaired) electrons. The van der Waals surface area contributed by atoms with Gasteiger partial charge in [-0.1, -0.05) is 0 Å². The van der Waals surface area contributed by atoms with Crippen molar-refractivity contribution in [2.45, 2.75) is 11.3 Å². The van der Waals surface area contributed by atoms with Crippen LogP contribution in [0.5, 0.6) is 0 Å². The predicted molar refractivity (Wildman–Crippen MR) is 39.9 cm³/mol. The number of hydrogen-bond acceptors (Lipinski definition) is 5. The Hall–Kier alpha value is -1.19. The van der Waals surface area contributed by atoms with Gasteiger partial charge in [-0.2, -0.15) is 8.42 Å². The van der Waals surface area contributed by atoms with Crippen molar-refractivity contribution in [3.8, 4) is 0 Å². The van der Waals surface area contributed by atoms with E-state index in [1.807, 2.05) is 0 Å². The topological polar surface area (TPSA) is 161 Å². The largest absolute Gasteiger partial charge is 0.479 e. The molecule has 6 N–H and O–H groups in total. The normalized spacial score (nSPS) is 16.2. The van der Waals surface area contributed by atoms with Gasteiger partial charge in [-0.25, -0.2) is 4.79 Å². The SMILES string of the molecule is NC(=O)C[C@](N)(C(=O)O)S(=O)(=O)O. The van der Waals surface area contributed by atoms with Gasteiger partial charge in [0.1, 0.15) is 0 Å². The molecule has 13 heavy (non-hydrogen) atoms. The molecular weight excluding hydrogens is 204 g/mol. The molecule has 76 valence electrons. The summed E-state index contributed by atoms with van der Waals surface area (Å²) in [5.74, 6) is -3.30. The van der Waals surface area contributed by atoms with E-state index in [0.29, 0.717) is 0 Å². The molecule has 0 rings (SSSR count). The molecule has 0 fully saturated rings. The zero-order chi connectivity index (χ0) is 10.9. The van der Waals surface area contributed by atoms with E-state index in [1.54, 1.807) is 0 Å². The highest BCUT2D eigenvalue weighted by Crippen LogP contribution is 2.13. The first-order valence-corrected chi connectivity index (χ1v) is 4.33. The Morgan fingerprint density at radius 1 is 1.38 bits per heavy atom. The fourth-order valence-corrected chi connectivity index (χ4v) is 1.08. The molecule has 0 aliphatic rings. The zero-order valence-corrected chi connectivity index (χ0v) is 7.11. The van der Waals surface area contributed by atoms with Crippen molar-refractivity contribution in [1.29, 1.82) is 0 Å². The molecule has 0 aliphatic carbocycles. The molecule has 1 atom stereocenters. The van der Waals surface area contributed by atoms with Gasteiger partial charge in [0.15, 0.2) is 0 Å². The molecule has 0 aromatic carbocycles. The predicted octanol–water partition coefficient (Wildman–Crippen LogP) is -2.51. The van der Waals surface area contributed by atoms with Crippen LogP contribution in [0.15, 0.2) is 0 Å². The Balaban J connectivity index is 5.21. The lowest BCUT2D eigenvalue weighted by Gasteiger charge is -2.18. The molecule has 0 aliphatic heterocycles. The van der Waals surface area contributed by atoms with E-state index in [9.17, 15) is 18.0 Å². The third kappa shape index (κ3) is 2.37. The van der Waals surface area contributed by atoms with Gasteiger partial charge in [0.2, 0.25) is 5.91 Å². The van der Waals surface area contributed by atoms with E-state index >= 15 is 0 Å². The van der Waals surface area contributed by atoms with E-state index in [2.05, 4.69) is 5.73 Å². The maximum Gasteiger partial charge on any atom is 0.342 e. The number of carbonyl (C=O) groups excluding carboxylic acids is 1. The quantitative estimate of drug-likeness (QED) is 0.374. The lowest BCUT2D eigenvalue weighted by Crippen LogP contribution is -2.56. The monoisotopic (exact) mass is 212 g/mol. The minimum Gasteiger partial charge on any atom is -0.479 e. The van der Waals surface area contributed by atoms with Gasteiger partial charge in [-0.05, 0) is 0 Å². The lowest BCUT2D eigenvalue weighted by atomic mass is 10.2. The molecule has 0 aromatic rings. The zero-order valence-electron chi connectivity index (χ0n) is 6.30. The summed E-state index contributed by atoms with van der Waals surface area (Å²) in [6.45, 7) is 0. The highest BCUT2D eigenvalue weighted by atomic mass is 32.2. The average molecular weight is 212 g/mol. The second-order valence-corrected chi connectivity index (χ2v) is 3.99. The van der Waals surface area contributed by atoms with Crippen LogP contribution in [0.2, 0.25) is 0 Å². The van der Waals surface area contributed by atoms with Gasteiger partial charge in [0.05, 0.1) is 6.42 Å². The molecule has 0 saturated heterocycles. The van der Waals surface area contributed by atoms with Crippen molar-refractivity contribution in [2.75, 3.05) is 0 Å². The van der Waals surface area contributed by atoms with Crippen LogP contribution in [0.4, 0.5) is 0 Å². The van der Waals surface area contributed by atoms with Crippen LogP contribution in [-0.4, -0.2) is 34.8 Å². The molecule has 0 aromatic heterocycles. The summed E-state index contributed by atoms with van der Waals surface area (Å²) in [5, 5.41) is 8.35. The second-order valence-electron chi connectivity index (χ2n) is 2.31. The van der Waals surface area contributed by atoms with Crippen LogP contribution in [0, 0.1) is 0 Å². The number of carbonyl (C=O) groups is 2. The van der Waals surface area contributed by atoms with E-state index in [-0.39, 0.29) is 0 Å². The van der Waals surface area contributed by atoms with Crippen molar-refractivity contribution >= 4 is 22.0 Å². The minimum atomic E-state index is -5.08. The van der Waals surface area contributed by atoms with E-state index in [4.69, 9.17) is 15.4 Å². The number of primary amides is 1. The Bertz CT molecular complexity index is 335. The maximum atomic E-state index is 10.5. The molecule has 8 nitrogen and oxygen atoms in total. The number of carboxylic acid groups (broad SMARTS) is 1. The summed E-state index contributed by atoms with van der Waals surface area (Å²) in [5.41, 5.74) is 9.34. The third-order valence-corrected chi connectivity index (χ3v) is 2.50. The Labute approximate surface area is 73.3 Å². The van der Waals surface area contributed by atoms with Crippen LogP contribution in [0.1, 0.15) is 6.42 Å². The Kier molecular flexibility index (Phi) is 2.98. The van der Waals surface area contributed by atoms with Gasteiger partial charge in [0, 0.05) is 0 Å². The standard InChI is InChI=1S/C4H8N2O6S/c5-2(7)1-4(6,3(8)9)13(10,11)12/h1,6H2,(H2,5,7)(H,8,9)(H,10,11,12)/t4-/m1/s1. The minimum absolute atomic E-state index is 1.19. The van der Waals surface area contributed by atoms with Crippen molar-refractivity contribution in [3.63, 3.8) is 0 Å². The number of amides is 1. The first-order chi connectivity index (χ1) is 5.61. The number of hydrogen-bond donors (Lipinski definition) is 4. The van der Waals surface area contributed by atoms with Gasteiger partial charge in [0.25, 0.3) is 15.0 Å². The van der Waals surface area contributed by atoms with E-state index < -0.39 is 33.3 Å². The number of carboxylic acids is 1. The molecule has 1 amide bonds. The summed E-state index contributed by atoms with van der Waals surface area (Å²) in [6, 6.07) is 0. The fourth-order valence-electron chi connectivity index (χ4n) is 0.536. The summed E-state index contributed by atoms with van der Waals surface area (Å²) in [6.07, 6.45) is -1.19. The number of aliphatic carboxylic acids is 1. The van der Waals surface area contributed by atoms with E-state index in [1.165, 1.54) is 0 Å². The molecular formula is C4H8N2O6S. The molecule has 0 bridgehead atoms. The Morgan fingerprint density at radius 3 is 1.85 bits per heavy atom. The van der Waals surface area contributed by atoms with Crippen molar-refractivity contribution in [3.05, 3.63) is 0 Å². The Morgan fingerprint density at radius 2 is 1.77 bits per heavy atom. The smallest absolute Gasteiger partial charge is 0.342 e. The van der Waals surface area contributed by atoms with E-state index in [0.717, 1.165) is 0 Å². The molecule has 0 saturated carbocycles. The van der Waals surface area contributed by atoms with Gasteiger partial charge >= 0.3 is 5.97 Å². The van der Waals surface area contributed by atoms with Crippen molar-refractivity contribution in [1.82, 2.24) is 0 Å². The molecule has 0 spiro atoms. The first kappa shape index (κ1) is 11.8.